The predicted molar refractivity (Wildman–Crippen MR) is 158 cm³/mol. The van der Waals surface area contributed by atoms with Gasteiger partial charge in [-0.25, -0.2) is 15.0 Å². The summed E-state index contributed by atoms with van der Waals surface area (Å²) in [6, 6.07) is 16.5. The van der Waals surface area contributed by atoms with Gasteiger partial charge in [0.25, 0.3) is 0 Å². The highest BCUT2D eigenvalue weighted by Gasteiger charge is 2.25. The van der Waals surface area contributed by atoms with Crippen molar-refractivity contribution >= 4 is 34.8 Å². The van der Waals surface area contributed by atoms with Crippen molar-refractivity contribution in [2.24, 2.45) is 0 Å². The SMILES string of the molecule is Cc1ccc2c(N[C@H]3CCC[C@@H]3O)cccc2c1Oc1ncccc1-c1ccnc(NC2CCCNC2)n1.Cl. The molecule has 2 aliphatic rings. The molecule has 39 heavy (non-hydrogen) atoms. The topological polar surface area (TPSA) is 104 Å². The van der Waals surface area contributed by atoms with Gasteiger partial charge in [-0.2, -0.15) is 0 Å². The third-order valence-corrected chi connectivity index (χ3v) is 7.56. The average Bonchev–Trinajstić information content (AvgIpc) is 3.35. The lowest BCUT2D eigenvalue weighted by Crippen LogP contribution is -2.38. The van der Waals surface area contributed by atoms with Gasteiger partial charge in [0.2, 0.25) is 11.8 Å². The molecule has 1 saturated carbocycles. The number of ether oxygens (including phenoxy) is 1. The largest absolute Gasteiger partial charge is 0.437 e. The maximum Gasteiger partial charge on any atom is 0.228 e. The number of benzene rings is 2. The van der Waals surface area contributed by atoms with Gasteiger partial charge in [-0.15, -0.1) is 12.4 Å². The molecule has 1 aliphatic carbocycles. The molecule has 2 aromatic heterocycles. The number of hydrogen-bond donors (Lipinski definition) is 4. The molecule has 1 saturated heterocycles. The summed E-state index contributed by atoms with van der Waals surface area (Å²) >= 11 is 0. The Hall–Kier alpha value is -3.46. The normalized spacial score (nSPS) is 20.8. The smallest absolute Gasteiger partial charge is 0.228 e. The van der Waals surface area contributed by atoms with Crippen LogP contribution in [0.15, 0.2) is 60.9 Å². The van der Waals surface area contributed by atoms with Crippen LogP contribution in [0.1, 0.15) is 37.7 Å². The standard InChI is InChI=1S/C30H34N6O2.ClH/c1-19-12-13-21-22(7-2-9-24(21)35-26-10-3-11-27(26)37)28(19)38-29-23(8-5-16-32-29)25-14-17-33-30(36-25)34-20-6-4-15-31-18-20;/h2,5,7-9,12-14,16-17,20,26-27,31,35,37H,3-4,6,10-11,15,18H2,1H3,(H,33,34,36);1H/t20?,26-,27-;/m0./s1. The van der Waals surface area contributed by atoms with Crippen molar-refractivity contribution in [3.63, 3.8) is 0 Å². The summed E-state index contributed by atoms with van der Waals surface area (Å²) in [4.78, 5) is 13.8. The number of pyridine rings is 1. The lowest BCUT2D eigenvalue weighted by molar-refractivity contribution is 0.172. The number of fused-ring (bicyclic) bond motifs is 1. The van der Waals surface area contributed by atoms with Crippen molar-refractivity contribution in [2.45, 2.75) is 57.2 Å². The summed E-state index contributed by atoms with van der Waals surface area (Å²) in [5, 5.41) is 22.9. The Morgan fingerprint density at radius 3 is 2.67 bits per heavy atom. The van der Waals surface area contributed by atoms with E-state index in [-0.39, 0.29) is 24.6 Å². The Morgan fingerprint density at radius 1 is 0.923 bits per heavy atom. The van der Waals surface area contributed by atoms with Gasteiger partial charge in [-0.1, -0.05) is 24.3 Å². The molecular formula is C30H35ClN6O2. The molecule has 0 radical (unpaired) electrons. The van der Waals surface area contributed by atoms with E-state index in [1.54, 1.807) is 12.4 Å². The van der Waals surface area contributed by atoms with E-state index in [0.717, 1.165) is 84.2 Å². The van der Waals surface area contributed by atoms with Crippen molar-refractivity contribution in [3.8, 4) is 22.9 Å². The van der Waals surface area contributed by atoms with Crippen molar-refractivity contribution in [3.05, 3.63) is 66.5 Å². The van der Waals surface area contributed by atoms with Crippen LogP contribution in [0.2, 0.25) is 0 Å². The van der Waals surface area contributed by atoms with Crippen LogP contribution in [0, 0.1) is 6.92 Å². The minimum atomic E-state index is -0.316. The van der Waals surface area contributed by atoms with Gasteiger partial charge in [0.05, 0.1) is 23.4 Å². The summed E-state index contributed by atoms with van der Waals surface area (Å²) in [6.07, 6.45) is 8.28. The van der Waals surface area contributed by atoms with Crippen molar-refractivity contribution in [1.29, 1.82) is 0 Å². The maximum absolute atomic E-state index is 10.4. The molecule has 204 valence electrons. The van der Waals surface area contributed by atoms with Gasteiger partial charge in [0, 0.05) is 41.4 Å². The zero-order chi connectivity index (χ0) is 25.9. The van der Waals surface area contributed by atoms with Crippen LogP contribution >= 0.6 is 12.4 Å². The fourth-order valence-electron chi connectivity index (χ4n) is 5.51. The van der Waals surface area contributed by atoms with E-state index in [1.165, 1.54) is 0 Å². The molecule has 3 atom stereocenters. The second-order valence-corrected chi connectivity index (χ2v) is 10.3. The number of nitrogens with zero attached hydrogens (tertiary/aromatic N) is 3. The van der Waals surface area contributed by atoms with Crippen molar-refractivity contribution in [2.75, 3.05) is 23.7 Å². The molecule has 0 spiro atoms. The summed E-state index contributed by atoms with van der Waals surface area (Å²) < 4.78 is 6.56. The van der Waals surface area contributed by atoms with Gasteiger partial charge in [0.15, 0.2) is 0 Å². The second kappa shape index (κ2) is 12.2. The molecule has 8 nitrogen and oxygen atoms in total. The Bertz CT molecular complexity index is 1430. The molecule has 1 aliphatic heterocycles. The van der Waals surface area contributed by atoms with E-state index < -0.39 is 0 Å². The molecule has 4 aromatic rings. The lowest BCUT2D eigenvalue weighted by atomic mass is 10.0. The first kappa shape index (κ1) is 27.1. The molecule has 2 aromatic carbocycles. The molecule has 0 amide bonds. The van der Waals surface area contributed by atoms with Crippen molar-refractivity contribution in [1.82, 2.24) is 20.3 Å². The van der Waals surface area contributed by atoms with Crippen LogP contribution in [0.5, 0.6) is 11.6 Å². The summed E-state index contributed by atoms with van der Waals surface area (Å²) in [7, 11) is 0. The van der Waals surface area contributed by atoms with E-state index in [0.29, 0.717) is 17.9 Å². The van der Waals surface area contributed by atoms with E-state index in [2.05, 4.69) is 50.2 Å². The summed E-state index contributed by atoms with van der Waals surface area (Å²) in [5.74, 6) is 1.87. The number of halogens is 1. The van der Waals surface area contributed by atoms with Gasteiger partial charge in [-0.05, 0) is 75.4 Å². The number of anilines is 2. The van der Waals surface area contributed by atoms with Gasteiger partial charge in [-0.3, -0.25) is 0 Å². The van der Waals surface area contributed by atoms with Gasteiger partial charge in [0.1, 0.15) is 5.75 Å². The Balaban J connectivity index is 0.00000308. The molecule has 6 rings (SSSR count). The minimum Gasteiger partial charge on any atom is -0.437 e. The highest BCUT2D eigenvalue weighted by atomic mass is 35.5. The average molecular weight is 547 g/mol. The summed E-state index contributed by atoms with van der Waals surface area (Å²) in [6.45, 7) is 4.01. The van der Waals surface area contributed by atoms with Crippen LogP contribution in [-0.4, -0.2) is 51.3 Å². The number of nitrogens with one attached hydrogen (secondary N) is 3. The number of aryl methyl sites for hydroxylation is 1. The Kier molecular flexibility index (Phi) is 8.45. The molecule has 2 fully saturated rings. The van der Waals surface area contributed by atoms with Crippen LogP contribution in [0.3, 0.4) is 0 Å². The van der Waals surface area contributed by atoms with Crippen molar-refractivity contribution < 1.29 is 9.84 Å². The molecule has 0 bridgehead atoms. The molecule has 3 heterocycles. The number of aliphatic hydroxyl groups excluding tert-OH is 1. The monoisotopic (exact) mass is 546 g/mol. The minimum absolute atomic E-state index is 0. The van der Waals surface area contributed by atoms with Crippen LogP contribution in [0.4, 0.5) is 11.6 Å². The van der Waals surface area contributed by atoms with Crippen LogP contribution in [-0.2, 0) is 0 Å². The van der Waals surface area contributed by atoms with Crippen LogP contribution in [0.25, 0.3) is 22.0 Å². The first-order valence-electron chi connectivity index (χ1n) is 13.6. The van der Waals surface area contributed by atoms with E-state index >= 15 is 0 Å². The molecular weight excluding hydrogens is 512 g/mol. The number of piperidine rings is 1. The Labute approximate surface area is 235 Å². The predicted octanol–water partition coefficient (Wildman–Crippen LogP) is 5.70. The zero-order valence-electron chi connectivity index (χ0n) is 22.1. The molecule has 4 N–H and O–H groups in total. The third kappa shape index (κ3) is 5.93. The first-order chi connectivity index (χ1) is 18.7. The van der Waals surface area contributed by atoms with Gasteiger partial charge < -0.3 is 25.8 Å². The number of aliphatic hydroxyl groups is 1. The van der Waals surface area contributed by atoms with E-state index in [4.69, 9.17) is 9.72 Å². The fourth-order valence-corrected chi connectivity index (χ4v) is 5.51. The van der Waals surface area contributed by atoms with E-state index in [1.807, 2.05) is 31.2 Å². The third-order valence-electron chi connectivity index (χ3n) is 7.56. The fraction of sp³-hybridized carbons (Fsp3) is 0.367. The number of rotatable bonds is 7. The molecule has 1 unspecified atom stereocenters. The summed E-state index contributed by atoms with van der Waals surface area (Å²) in [5.41, 5.74) is 3.58. The zero-order valence-corrected chi connectivity index (χ0v) is 22.9. The van der Waals surface area contributed by atoms with Gasteiger partial charge >= 0.3 is 0 Å². The highest BCUT2D eigenvalue weighted by Crippen LogP contribution is 2.39. The quantitative estimate of drug-likeness (QED) is 0.234. The Morgan fingerprint density at radius 2 is 1.85 bits per heavy atom. The second-order valence-electron chi connectivity index (χ2n) is 10.3. The maximum atomic E-state index is 10.4. The number of aromatic nitrogens is 3. The number of hydrogen-bond acceptors (Lipinski definition) is 8. The first-order valence-corrected chi connectivity index (χ1v) is 13.6. The van der Waals surface area contributed by atoms with E-state index in [9.17, 15) is 5.11 Å². The molecule has 9 heteroatoms. The lowest BCUT2D eigenvalue weighted by Gasteiger charge is -2.23. The highest BCUT2D eigenvalue weighted by molar-refractivity contribution is 5.98. The van der Waals surface area contributed by atoms with Crippen LogP contribution < -0.4 is 20.7 Å².